The van der Waals surface area contributed by atoms with Crippen molar-refractivity contribution in [3.63, 3.8) is 0 Å². The summed E-state index contributed by atoms with van der Waals surface area (Å²) in [4.78, 5) is 0. The largest absolute Gasteiger partial charge is 0.394 e. The smallest absolute Gasteiger partial charge is 0.00277 e. The summed E-state index contributed by atoms with van der Waals surface area (Å²) in [6.07, 6.45) is 5.93. The van der Waals surface area contributed by atoms with Crippen LogP contribution in [-0.2, 0) is 0 Å². The second-order valence-electron chi connectivity index (χ2n) is 1.89. The third kappa shape index (κ3) is 15.7. The van der Waals surface area contributed by atoms with Crippen molar-refractivity contribution in [2.45, 2.75) is 13.8 Å². The molecule has 0 bridgehead atoms. The van der Waals surface area contributed by atoms with Crippen LogP contribution in [0.5, 0.6) is 0 Å². The van der Waals surface area contributed by atoms with Crippen LogP contribution >= 0.6 is 0 Å². The van der Waals surface area contributed by atoms with Gasteiger partial charge in [0.15, 0.2) is 0 Å². The Bertz CT molecular complexity index is 108. The van der Waals surface area contributed by atoms with Crippen molar-refractivity contribution in [1.29, 1.82) is 0 Å². The molecule has 1 heteroatoms. The Hall–Kier alpha value is -0.980. The molecule has 0 aromatic rings. The molecule has 10 heavy (non-hydrogen) atoms. The van der Waals surface area contributed by atoms with Crippen molar-refractivity contribution in [2.24, 2.45) is 0 Å². The van der Waals surface area contributed by atoms with Crippen LogP contribution in [0.4, 0.5) is 0 Å². The van der Waals surface area contributed by atoms with Crippen LogP contribution in [0.3, 0.4) is 0 Å². The van der Waals surface area contributed by atoms with Gasteiger partial charge in [0.05, 0.1) is 0 Å². The van der Waals surface area contributed by atoms with Gasteiger partial charge in [0.1, 0.15) is 0 Å². The molecule has 0 saturated carbocycles. The fourth-order valence-electron chi connectivity index (χ4n) is 0.337. The Morgan fingerprint density at radius 2 is 1.80 bits per heavy atom. The highest BCUT2D eigenvalue weighted by Gasteiger charge is 1.66. The Labute approximate surface area is 64.1 Å². The lowest BCUT2D eigenvalue weighted by atomic mass is 10.3. The maximum Gasteiger partial charge on any atom is 0.00277 e. The lowest BCUT2D eigenvalue weighted by Crippen LogP contribution is -1.89. The molecule has 0 amide bonds. The topological polar surface area (TPSA) is 12.0 Å². The molecule has 0 fully saturated rings. The lowest BCUT2D eigenvalue weighted by molar-refractivity contribution is 1.10. The Kier molecular flexibility index (Phi) is 12.8. The van der Waals surface area contributed by atoms with Gasteiger partial charge < -0.3 is 5.32 Å². The highest BCUT2D eigenvalue weighted by molar-refractivity contribution is 5.07. The second kappa shape index (κ2) is 10.9. The van der Waals surface area contributed by atoms with Gasteiger partial charge in [-0.15, -0.1) is 13.2 Å². The van der Waals surface area contributed by atoms with E-state index in [-0.39, 0.29) is 0 Å². The summed E-state index contributed by atoms with van der Waals surface area (Å²) in [7, 11) is 1.88. The molecule has 1 N–H and O–H groups in total. The van der Waals surface area contributed by atoms with Crippen LogP contribution in [0.1, 0.15) is 13.8 Å². The van der Waals surface area contributed by atoms with Crippen molar-refractivity contribution >= 4 is 0 Å². The maximum atomic E-state index is 3.00. The zero-order valence-electron chi connectivity index (χ0n) is 7.15. The van der Waals surface area contributed by atoms with Gasteiger partial charge in [-0.25, -0.2) is 0 Å². The number of allylic oxidation sites excluding steroid dienone is 3. The van der Waals surface area contributed by atoms with E-state index < -0.39 is 0 Å². The Balaban J connectivity index is 0. The van der Waals surface area contributed by atoms with E-state index in [2.05, 4.69) is 38.4 Å². The minimum atomic E-state index is 1.32. The van der Waals surface area contributed by atoms with Crippen molar-refractivity contribution in [2.75, 3.05) is 7.05 Å². The average Bonchev–Trinajstić information content (AvgIpc) is 1.92. The predicted molar refractivity (Wildman–Crippen MR) is 48.9 cm³/mol. The third-order valence-electron chi connectivity index (χ3n) is 0.692. The zero-order valence-corrected chi connectivity index (χ0v) is 7.15. The van der Waals surface area contributed by atoms with Gasteiger partial charge in [0.25, 0.3) is 0 Å². The summed E-state index contributed by atoms with van der Waals surface area (Å²) in [5.41, 5.74) is 1.32. The molecule has 0 saturated heterocycles. The van der Waals surface area contributed by atoms with Crippen LogP contribution in [0.2, 0.25) is 0 Å². The van der Waals surface area contributed by atoms with Gasteiger partial charge in [-0.2, -0.15) is 0 Å². The summed E-state index contributed by atoms with van der Waals surface area (Å²) in [5, 5.41) is 2.90. The molecule has 0 aliphatic rings. The average molecular weight is 139 g/mol. The summed E-state index contributed by atoms with van der Waals surface area (Å²) < 4.78 is 0. The maximum absolute atomic E-state index is 3.00. The van der Waals surface area contributed by atoms with Gasteiger partial charge in [0.2, 0.25) is 0 Å². The van der Waals surface area contributed by atoms with E-state index in [1.165, 1.54) is 5.57 Å². The van der Waals surface area contributed by atoms with Crippen LogP contribution in [0.15, 0.2) is 37.1 Å². The molecule has 0 aliphatic heterocycles. The van der Waals surface area contributed by atoms with Crippen molar-refractivity contribution in [3.8, 4) is 0 Å². The third-order valence-corrected chi connectivity index (χ3v) is 0.692. The molecule has 0 aliphatic carbocycles. The minimum Gasteiger partial charge on any atom is -0.394 e. The van der Waals surface area contributed by atoms with Gasteiger partial charge >= 0.3 is 0 Å². The summed E-state index contributed by atoms with van der Waals surface area (Å²) in [6, 6.07) is 0. The van der Waals surface area contributed by atoms with Crippen LogP contribution in [0.25, 0.3) is 0 Å². The first-order valence-corrected chi connectivity index (χ1v) is 3.24. The molecule has 0 rings (SSSR count). The molecule has 58 valence electrons. The SMILES string of the molecule is C=C.CN/C=C/C=C(C)C. The number of hydrogen-bond donors (Lipinski definition) is 1. The fourth-order valence-corrected chi connectivity index (χ4v) is 0.337. The van der Waals surface area contributed by atoms with E-state index in [1.807, 2.05) is 19.3 Å². The predicted octanol–water partition coefficient (Wildman–Crippen LogP) is 2.49. The van der Waals surface area contributed by atoms with E-state index >= 15 is 0 Å². The highest BCUT2D eigenvalue weighted by atomic mass is 14.8. The van der Waals surface area contributed by atoms with Gasteiger partial charge in [0, 0.05) is 7.05 Å². The minimum absolute atomic E-state index is 1.32. The molecular formula is C9H17N. The van der Waals surface area contributed by atoms with Crippen LogP contribution < -0.4 is 5.32 Å². The number of nitrogens with one attached hydrogen (secondary N) is 1. The van der Waals surface area contributed by atoms with Gasteiger partial charge in [-0.1, -0.05) is 11.6 Å². The van der Waals surface area contributed by atoms with Crippen molar-refractivity contribution < 1.29 is 0 Å². The number of hydrogen-bond acceptors (Lipinski definition) is 1. The van der Waals surface area contributed by atoms with Crippen LogP contribution in [-0.4, -0.2) is 7.05 Å². The molecular weight excluding hydrogens is 122 g/mol. The van der Waals surface area contributed by atoms with Crippen molar-refractivity contribution in [1.82, 2.24) is 5.32 Å². The monoisotopic (exact) mass is 139 g/mol. The Morgan fingerprint density at radius 1 is 1.30 bits per heavy atom. The first-order valence-electron chi connectivity index (χ1n) is 3.24. The second-order valence-corrected chi connectivity index (χ2v) is 1.89. The van der Waals surface area contributed by atoms with Gasteiger partial charge in [-0.3, -0.25) is 0 Å². The first-order chi connectivity index (χ1) is 4.77. The quantitative estimate of drug-likeness (QED) is 0.458. The fraction of sp³-hybridized carbons (Fsp3) is 0.333. The molecule has 0 spiro atoms. The summed E-state index contributed by atoms with van der Waals surface area (Å²) in [6.45, 7) is 10.1. The van der Waals surface area contributed by atoms with Crippen molar-refractivity contribution in [3.05, 3.63) is 37.1 Å². The highest BCUT2D eigenvalue weighted by Crippen LogP contribution is 1.86. The summed E-state index contributed by atoms with van der Waals surface area (Å²) >= 11 is 0. The molecule has 0 radical (unpaired) electrons. The number of rotatable bonds is 2. The Morgan fingerprint density at radius 3 is 2.10 bits per heavy atom. The lowest BCUT2D eigenvalue weighted by Gasteiger charge is -1.82. The summed E-state index contributed by atoms with van der Waals surface area (Å²) in [5.74, 6) is 0. The van der Waals surface area contributed by atoms with E-state index in [4.69, 9.17) is 0 Å². The van der Waals surface area contributed by atoms with E-state index in [0.717, 1.165) is 0 Å². The molecule has 1 nitrogen and oxygen atoms in total. The molecule has 0 atom stereocenters. The molecule has 0 aromatic heterocycles. The zero-order chi connectivity index (χ0) is 8.41. The standard InChI is InChI=1S/C7H13N.C2H4/c1-7(2)5-4-6-8-3;1-2/h4-6,8H,1-3H3;1-2H2/b6-4+;. The van der Waals surface area contributed by atoms with Gasteiger partial charge in [-0.05, 0) is 26.1 Å². The van der Waals surface area contributed by atoms with E-state index in [9.17, 15) is 0 Å². The first kappa shape index (κ1) is 11.8. The molecule has 0 aromatic carbocycles. The van der Waals surface area contributed by atoms with Crippen LogP contribution in [0, 0.1) is 0 Å². The molecule has 0 heterocycles. The van der Waals surface area contributed by atoms with E-state index in [0.29, 0.717) is 0 Å². The normalized spacial score (nSPS) is 7.90. The van der Waals surface area contributed by atoms with E-state index in [1.54, 1.807) is 0 Å². The molecule has 0 unspecified atom stereocenters.